The van der Waals surface area contributed by atoms with Crippen LogP contribution in [0.3, 0.4) is 0 Å². The zero-order valence-corrected chi connectivity index (χ0v) is 44.0. The number of benzene rings is 3. The third-order valence-electron chi connectivity index (χ3n) is 12.3. The summed E-state index contributed by atoms with van der Waals surface area (Å²) in [5.41, 5.74) is 2.55. The number of hydrogen-bond acceptors (Lipinski definition) is 11. The molecule has 16 nitrogen and oxygen atoms in total. The zero-order chi connectivity index (χ0) is 53.5. The first-order valence-electron chi connectivity index (χ1n) is 25.5. The highest BCUT2D eigenvalue weighted by Crippen LogP contribution is 2.44. The Labute approximate surface area is 429 Å². The van der Waals surface area contributed by atoms with E-state index in [4.69, 9.17) is 18.9 Å². The van der Waals surface area contributed by atoms with E-state index in [9.17, 15) is 38.0 Å². The maximum atomic E-state index is 14.3. The Bertz CT molecular complexity index is 2350. The van der Waals surface area contributed by atoms with Crippen molar-refractivity contribution in [1.82, 2.24) is 26.6 Å². The van der Waals surface area contributed by atoms with Crippen LogP contribution in [-0.4, -0.2) is 96.5 Å². The van der Waals surface area contributed by atoms with Crippen LogP contribution < -0.4 is 26.6 Å². The maximum Gasteiger partial charge on any atom is 0.407 e. The van der Waals surface area contributed by atoms with Crippen LogP contribution in [0.4, 0.5) is 14.0 Å². The summed E-state index contributed by atoms with van der Waals surface area (Å²) in [4.78, 5) is 92.8. The van der Waals surface area contributed by atoms with Crippen LogP contribution in [-0.2, 0) is 49.3 Å². The molecule has 5 N–H and O–H groups in total. The Kier molecular flexibility index (Phi) is 20.4. The van der Waals surface area contributed by atoms with Crippen molar-refractivity contribution in [3.63, 3.8) is 0 Å². The second-order valence-electron chi connectivity index (χ2n) is 22.0. The van der Waals surface area contributed by atoms with Crippen molar-refractivity contribution in [2.45, 2.75) is 167 Å². The standard InChI is InChI=1S/C56H76FN5O11/c1-54(2,3)71-47(63)29-28-45(51(67)73-56(7,8)9)62-52(68)61-44(50(66)72-55(4,5)6)23-14-15-30-58-49(65)46(32-36-17-16-18-38(57)31-36)60-48(64)37-26-24-35(25-27-37)33-59-53(69)70-34-43-41-21-12-10-19-39(41)40-20-11-13-22-42(40)43/h10-13,16-22,31,35,37,43-46H,14-15,23-30,32-34H2,1-9H3,(H,58,65)(H,59,69)(H,60,64)(H2,61,62,68)/t35?,37?,44-,45-,46-/m0/s1. The second-order valence-corrected chi connectivity index (χ2v) is 22.0. The average Bonchev–Trinajstić information content (AvgIpc) is 3.62. The number of unbranched alkanes of at least 4 members (excludes halogenated alkanes) is 1. The quantitative estimate of drug-likeness (QED) is 0.0388. The molecule has 2 aliphatic carbocycles. The van der Waals surface area contributed by atoms with E-state index in [0.717, 1.165) is 22.3 Å². The SMILES string of the molecule is CC(C)(C)OC(=O)CC[C@H](NC(=O)N[C@@H](CCCCNC(=O)[C@H](Cc1cccc(F)c1)NC(=O)C1CCC(CNC(=O)OCC2c3ccccc3-c3ccccc32)CC1)C(=O)OC(C)(C)C)C(=O)OC(C)(C)C. The van der Waals surface area contributed by atoms with Gasteiger partial charge in [-0.3, -0.25) is 14.4 Å². The molecule has 1 fully saturated rings. The summed E-state index contributed by atoms with van der Waals surface area (Å²) in [6, 6.07) is 17.9. The van der Waals surface area contributed by atoms with Crippen LogP contribution in [0.2, 0.25) is 0 Å². The van der Waals surface area contributed by atoms with Crippen LogP contribution in [0.5, 0.6) is 0 Å². The molecule has 2 aliphatic rings. The molecule has 17 heteroatoms. The summed E-state index contributed by atoms with van der Waals surface area (Å²) in [5.74, 6) is -3.57. The van der Waals surface area contributed by atoms with E-state index in [0.29, 0.717) is 50.6 Å². The molecular formula is C56H76FN5O11. The molecule has 3 aromatic rings. The van der Waals surface area contributed by atoms with Gasteiger partial charge in [-0.05, 0) is 160 Å². The summed E-state index contributed by atoms with van der Waals surface area (Å²) in [7, 11) is 0. The number of carbonyl (C=O) groups is 7. The molecule has 398 valence electrons. The number of halogens is 1. The van der Waals surface area contributed by atoms with Crippen LogP contribution in [0.15, 0.2) is 72.8 Å². The van der Waals surface area contributed by atoms with Gasteiger partial charge in [0.05, 0.1) is 0 Å². The smallest absolute Gasteiger partial charge is 0.407 e. The normalized spacial score (nSPS) is 16.8. The number of nitrogens with one attached hydrogen (secondary N) is 5. The van der Waals surface area contributed by atoms with Crippen LogP contribution in [0, 0.1) is 17.7 Å². The predicted octanol–water partition coefficient (Wildman–Crippen LogP) is 8.33. The average molecular weight is 1010 g/mol. The van der Waals surface area contributed by atoms with Crippen molar-refractivity contribution in [3.8, 4) is 11.1 Å². The lowest BCUT2D eigenvalue weighted by molar-refractivity contribution is -0.159. The van der Waals surface area contributed by atoms with Crippen LogP contribution in [0.1, 0.15) is 143 Å². The fourth-order valence-corrected chi connectivity index (χ4v) is 8.97. The van der Waals surface area contributed by atoms with E-state index >= 15 is 0 Å². The van der Waals surface area contributed by atoms with E-state index in [2.05, 4.69) is 50.8 Å². The summed E-state index contributed by atoms with van der Waals surface area (Å²) in [6.45, 7) is 16.0. The molecule has 0 radical (unpaired) electrons. The lowest BCUT2D eigenvalue weighted by Crippen LogP contribution is -2.53. The van der Waals surface area contributed by atoms with Gasteiger partial charge in [0, 0.05) is 37.8 Å². The number of amides is 5. The summed E-state index contributed by atoms with van der Waals surface area (Å²) >= 11 is 0. The molecule has 1 saturated carbocycles. The van der Waals surface area contributed by atoms with Gasteiger partial charge >= 0.3 is 30.0 Å². The lowest BCUT2D eigenvalue weighted by atomic mass is 9.81. The topological polar surface area (TPSA) is 217 Å². The van der Waals surface area contributed by atoms with Crippen molar-refractivity contribution in [2.24, 2.45) is 11.8 Å². The Balaban J connectivity index is 1.11. The molecular weight excluding hydrogens is 938 g/mol. The molecule has 0 bridgehead atoms. The van der Waals surface area contributed by atoms with Crippen LogP contribution >= 0.6 is 0 Å². The Morgan fingerprint density at radius 2 is 1.19 bits per heavy atom. The minimum Gasteiger partial charge on any atom is -0.460 e. The number of esters is 3. The van der Waals surface area contributed by atoms with Gasteiger partial charge in [-0.15, -0.1) is 0 Å². The number of ether oxygens (including phenoxy) is 4. The third kappa shape index (κ3) is 19.1. The molecule has 0 aromatic heterocycles. The Morgan fingerprint density at radius 1 is 0.630 bits per heavy atom. The van der Waals surface area contributed by atoms with Gasteiger partial charge in [-0.2, -0.15) is 0 Å². The van der Waals surface area contributed by atoms with Crippen molar-refractivity contribution in [1.29, 1.82) is 0 Å². The highest BCUT2D eigenvalue weighted by atomic mass is 19.1. The first kappa shape index (κ1) is 57.4. The first-order chi connectivity index (χ1) is 34.3. The van der Waals surface area contributed by atoms with Gasteiger partial charge in [-0.25, -0.2) is 23.6 Å². The van der Waals surface area contributed by atoms with E-state index in [1.54, 1.807) is 68.4 Å². The van der Waals surface area contributed by atoms with Gasteiger partial charge in [0.2, 0.25) is 11.8 Å². The van der Waals surface area contributed by atoms with Gasteiger partial charge < -0.3 is 45.5 Å². The van der Waals surface area contributed by atoms with Crippen molar-refractivity contribution >= 4 is 41.8 Å². The molecule has 5 amide bonds. The number of carbonyl (C=O) groups excluding carboxylic acids is 7. The largest absolute Gasteiger partial charge is 0.460 e. The highest BCUT2D eigenvalue weighted by molar-refractivity contribution is 5.89. The highest BCUT2D eigenvalue weighted by Gasteiger charge is 2.34. The molecule has 0 aliphatic heterocycles. The van der Waals surface area contributed by atoms with Crippen molar-refractivity contribution in [3.05, 3.63) is 95.3 Å². The number of alkyl carbamates (subject to hydrolysis) is 1. The minimum atomic E-state index is -1.25. The number of rotatable bonds is 21. The van der Waals surface area contributed by atoms with E-state index < -0.39 is 76.7 Å². The molecule has 0 heterocycles. The van der Waals surface area contributed by atoms with E-state index in [1.165, 1.54) is 18.2 Å². The monoisotopic (exact) mass is 1010 g/mol. The lowest BCUT2D eigenvalue weighted by Gasteiger charge is -2.29. The molecule has 3 aromatic carbocycles. The number of hydrogen-bond donors (Lipinski definition) is 5. The Morgan fingerprint density at radius 3 is 1.75 bits per heavy atom. The molecule has 5 rings (SSSR count). The molecule has 0 unspecified atom stereocenters. The summed E-state index contributed by atoms with van der Waals surface area (Å²) in [6.07, 6.45) is 2.49. The number of fused-ring (bicyclic) bond motifs is 3. The molecule has 73 heavy (non-hydrogen) atoms. The Hall–Kier alpha value is -6.52. The summed E-state index contributed by atoms with van der Waals surface area (Å²) in [5, 5.41) is 13.9. The van der Waals surface area contributed by atoms with Crippen LogP contribution in [0.25, 0.3) is 11.1 Å². The first-order valence-corrected chi connectivity index (χ1v) is 25.5. The maximum absolute atomic E-state index is 14.3. The van der Waals surface area contributed by atoms with Crippen molar-refractivity contribution < 1.29 is 56.9 Å². The van der Waals surface area contributed by atoms with Gasteiger partial charge in [0.15, 0.2) is 0 Å². The molecule has 0 spiro atoms. The van der Waals surface area contributed by atoms with Gasteiger partial charge in [0.25, 0.3) is 0 Å². The third-order valence-corrected chi connectivity index (χ3v) is 12.3. The van der Waals surface area contributed by atoms with Crippen molar-refractivity contribution in [2.75, 3.05) is 19.7 Å². The van der Waals surface area contributed by atoms with Gasteiger partial charge in [0.1, 0.15) is 47.4 Å². The minimum absolute atomic E-state index is 0.0382. The fraction of sp³-hybridized carbons (Fsp3) is 0.554. The predicted molar refractivity (Wildman–Crippen MR) is 273 cm³/mol. The van der Waals surface area contributed by atoms with Gasteiger partial charge in [-0.1, -0.05) is 60.7 Å². The second kappa shape index (κ2) is 25.9. The zero-order valence-electron chi connectivity index (χ0n) is 44.0. The van der Waals surface area contributed by atoms with E-state index in [1.807, 2.05) is 24.3 Å². The van der Waals surface area contributed by atoms with E-state index in [-0.39, 0.29) is 62.5 Å². The molecule has 3 atom stereocenters. The fourth-order valence-electron chi connectivity index (χ4n) is 8.97. The summed E-state index contributed by atoms with van der Waals surface area (Å²) < 4.78 is 36.5. The molecule has 0 saturated heterocycles. The number of urea groups is 1.